The highest BCUT2D eigenvalue weighted by Crippen LogP contribution is 2.34. The number of carbonyl (C=O) groups excluding carboxylic acids is 3. The van der Waals surface area contributed by atoms with E-state index in [4.69, 9.17) is 21.1 Å². The second-order valence-electron chi connectivity index (χ2n) is 7.48. The Kier molecular flexibility index (Phi) is 5.03. The average Bonchev–Trinajstić information content (AvgIpc) is 3.23. The lowest BCUT2D eigenvalue weighted by atomic mass is 9.92. The molecule has 0 spiro atoms. The number of nitrogens with one attached hydrogen (secondary N) is 2. The number of urea groups is 1. The molecule has 0 unspecified atom stereocenters. The van der Waals surface area contributed by atoms with Crippen LogP contribution in [0, 0.1) is 6.92 Å². The van der Waals surface area contributed by atoms with Crippen molar-refractivity contribution in [3.63, 3.8) is 0 Å². The first kappa shape index (κ1) is 20.0. The van der Waals surface area contributed by atoms with Crippen molar-refractivity contribution in [3.05, 3.63) is 52.5 Å². The van der Waals surface area contributed by atoms with Crippen LogP contribution in [-0.2, 0) is 16.0 Å². The maximum atomic E-state index is 13.0. The number of fused-ring (bicyclic) bond motifs is 1. The minimum Gasteiger partial charge on any atom is -0.454 e. The van der Waals surface area contributed by atoms with Gasteiger partial charge < -0.3 is 20.1 Å². The topological polar surface area (TPSA) is 97.0 Å². The van der Waals surface area contributed by atoms with E-state index in [1.807, 2.05) is 6.07 Å². The molecule has 2 aromatic rings. The zero-order valence-corrected chi connectivity index (χ0v) is 17.2. The second kappa shape index (κ2) is 7.53. The molecule has 1 saturated heterocycles. The number of hydrogen-bond acceptors (Lipinski definition) is 5. The maximum Gasteiger partial charge on any atom is 0.325 e. The first-order chi connectivity index (χ1) is 14.3. The molecule has 0 saturated carbocycles. The van der Waals surface area contributed by atoms with Crippen molar-refractivity contribution in [1.82, 2.24) is 10.2 Å². The predicted octanol–water partition coefficient (Wildman–Crippen LogP) is 2.87. The SMILES string of the molecule is Cc1c(Cl)cccc1NC(=O)CN1C(=O)N[C@@](C)(Cc2ccc3c(c2)OCO3)C1=O. The fourth-order valence-corrected chi connectivity index (χ4v) is 3.72. The van der Waals surface area contributed by atoms with Crippen molar-refractivity contribution in [2.75, 3.05) is 18.7 Å². The summed E-state index contributed by atoms with van der Waals surface area (Å²) in [6.07, 6.45) is 0.250. The summed E-state index contributed by atoms with van der Waals surface area (Å²) in [6.45, 7) is 3.17. The Morgan fingerprint density at radius 3 is 2.80 bits per heavy atom. The summed E-state index contributed by atoms with van der Waals surface area (Å²) in [5, 5.41) is 5.91. The molecular weight excluding hydrogens is 410 g/mol. The number of halogens is 1. The third-order valence-electron chi connectivity index (χ3n) is 5.18. The molecule has 1 fully saturated rings. The highest BCUT2D eigenvalue weighted by Gasteiger charge is 2.48. The lowest BCUT2D eigenvalue weighted by Gasteiger charge is -2.22. The molecule has 9 heteroatoms. The van der Waals surface area contributed by atoms with E-state index < -0.39 is 29.9 Å². The number of amides is 4. The number of nitrogens with zero attached hydrogens (tertiary/aromatic N) is 1. The minimum absolute atomic E-state index is 0.153. The molecule has 2 aromatic carbocycles. The summed E-state index contributed by atoms with van der Waals surface area (Å²) < 4.78 is 10.7. The van der Waals surface area contributed by atoms with Crippen LogP contribution in [0.25, 0.3) is 0 Å². The quantitative estimate of drug-likeness (QED) is 0.712. The van der Waals surface area contributed by atoms with E-state index in [-0.39, 0.29) is 13.2 Å². The molecule has 156 valence electrons. The van der Waals surface area contributed by atoms with Crippen molar-refractivity contribution in [1.29, 1.82) is 0 Å². The fraction of sp³-hybridized carbons (Fsp3) is 0.286. The van der Waals surface area contributed by atoms with Crippen LogP contribution in [0.5, 0.6) is 11.5 Å². The normalized spacial score (nSPS) is 19.8. The van der Waals surface area contributed by atoms with E-state index in [0.29, 0.717) is 27.8 Å². The summed E-state index contributed by atoms with van der Waals surface area (Å²) in [5.41, 5.74) is 0.869. The second-order valence-corrected chi connectivity index (χ2v) is 7.89. The first-order valence-corrected chi connectivity index (χ1v) is 9.72. The van der Waals surface area contributed by atoms with Crippen LogP contribution in [0.15, 0.2) is 36.4 Å². The molecule has 0 aliphatic carbocycles. The lowest BCUT2D eigenvalue weighted by molar-refractivity contribution is -0.133. The van der Waals surface area contributed by atoms with E-state index in [9.17, 15) is 14.4 Å². The summed E-state index contributed by atoms with van der Waals surface area (Å²) in [5.74, 6) is 0.278. The molecule has 8 nitrogen and oxygen atoms in total. The van der Waals surface area contributed by atoms with Gasteiger partial charge in [0.15, 0.2) is 11.5 Å². The zero-order chi connectivity index (χ0) is 21.5. The Morgan fingerprint density at radius 1 is 1.23 bits per heavy atom. The van der Waals surface area contributed by atoms with Gasteiger partial charge in [-0.15, -0.1) is 0 Å². The molecule has 2 aliphatic rings. The van der Waals surface area contributed by atoms with Crippen molar-refractivity contribution in [2.24, 2.45) is 0 Å². The predicted molar refractivity (Wildman–Crippen MR) is 110 cm³/mol. The smallest absolute Gasteiger partial charge is 0.325 e. The number of ether oxygens (including phenoxy) is 2. The van der Waals surface area contributed by atoms with Crippen LogP contribution in [0.3, 0.4) is 0 Å². The molecule has 4 rings (SSSR count). The molecule has 2 heterocycles. The van der Waals surface area contributed by atoms with Crippen molar-refractivity contribution >= 4 is 35.1 Å². The number of benzene rings is 2. The summed E-state index contributed by atoms with van der Waals surface area (Å²) in [6, 6.07) is 9.88. The van der Waals surface area contributed by atoms with E-state index >= 15 is 0 Å². The van der Waals surface area contributed by atoms with Gasteiger partial charge >= 0.3 is 6.03 Å². The monoisotopic (exact) mass is 429 g/mol. The van der Waals surface area contributed by atoms with Gasteiger partial charge in [0.25, 0.3) is 5.91 Å². The Balaban J connectivity index is 1.45. The van der Waals surface area contributed by atoms with Gasteiger partial charge in [0.2, 0.25) is 12.7 Å². The minimum atomic E-state index is -1.17. The summed E-state index contributed by atoms with van der Waals surface area (Å²) >= 11 is 6.07. The van der Waals surface area contributed by atoms with Crippen LogP contribution in [0.1, 0.15) is 18.1 Å². The van der Waals surface area contributed by atoms with Gasteiger partial charge in [-0.05, 0) is 49.2 Å². The molecule has 30 heavy (non-hydrogen) atoms. The third-order valence-corrected chi connectivity index (χ3v) is 5.59. The van der Waals surface area contributed by atoms with Gasteiger partial charge in [-0.25, -0.2) is 4.79 Å². The van der Waals surface area contributed by atoms with Gasteiger partial charge in [0.1, 0.15) is 12.1 Å². The highest BCUT2D eigenvalue weighted by molar-refractivity contribution is 6.31. The van der Waals surface area contributed by atoms with Crippen LogP contribution >= 0.6 is 11.6 Å². The van der Waals surface area contributed by atoms with E-state index in [1.165, 1.54) is 0 Å². The summed E-state index contributed by atoms with van der Waals surface area (Å²) in [7, 11) is 0. The lowest BCUT2D eigenvalue weighted by Crippen LogP contribution is -2.46. The molecule has 0 radical (unpaired) electrons. The molecule has 2 N–H and O–H groups in total. The molecule has 4 amide bonds. The molecule has 0 aromatic heterocycles. The van der Waals surface area contributed by atoms with Crippen molar-refractivity contribution < 1.29 is 23.9 Å². The molecular formula is C21H20ClN3O5. The van der Waals surface area contributed by atoms with Crippen molar-refractivity contribution in [2.45, 2.75) is 25.8 Å². The highest BCUT2D eigenvalue weighted by atomic mass is 35.5. The molecule has 2 aliphatic heterocycles. The fourth-order valence-electron chi connectivity index (χ4n) is 3.55. The third kappa shape index (κ3) is 3.66. The van der Waals surface area contributed by atoms with Crippen LogP contribution in [0.2, 0.25) is 5.02 Å². The first-order valence-electron chi connectivity index (χ1n) is 9.34. The van der Waals surface area contributed by atoms with Gasteiger partial charge in [-0.2, -0.15) is 0 Å². The van der Waals surface area contributed by atoms with Crippen LogP contribution in [0.4, 0.5) is 10.5 Å². The average molecular weight is 430 g/mol. The van der Waals surface area contributed by atoms with Gasteiger partial charge in [0.05, 0.1) is 0 Å². The van der Waals surface area contributed by atoms with E-state index in [1.54, 1.807) is 44.2 Å². The Labute approximate surface area is 178 Å². The van der Waals surface area contributed by atoms with Gasteiger partial charge in [0, 0.05) is 17.1 Å². The molecule has 1 atom stereocenters. The van der Waals surface area contributed by atoms with Crippen LogP contribution < -0.4 is 20.1 Å². The number of hydrogen-bond donors (Lipinski definition) is 2. The van der Waals surface area contributed by atoms with Crippen LogP contribution in [-0.4, -0.2) is 41.6 Å². The van der Waals surface area contributed by atoms with E-state index in [2.05, 4.69) is 10.6 Å². The maximum absolute atomic E-state index is 13.0. The Morgan fingerprint density at radius 2 is 2.00 bits per heavy atom. The number of anilines is 1. The Bertz CT molecular complexity index is 1060. The Hall–Kier alpha value is -3.26. The summed E-state index contributed by atoms with van der Waals surface area (Å²) in [4.78, 5) is 38.8. The van der Waals surface area contributed by atoms with Gasteiger partial charge in [-0.1, -0.05) is 23.7 Å². The molecule has 0 bridgehead atoms. The number of imide groups is 1. The van der Waals surface area contributed by atoms with E-state index in [0.717, 1.165) is 10.5 Å². The number of rotatable bonds is 5. The largest absolute Gasteiger partial charge is 0.454 e. The standard InChI is InChI=1S/C21H20ClN3O5/c1-12-14(22)4-3-5-15(12)23-18(26)10-25-19(27)21(2,24-20(25)28)9-13-6-7-16-17(8-13)30-11-29-16/h3-8H,9-11H2,1-2H3,(H,23,26)(H,24,28)/t21-/m0/s1. The van der Waals surface area contributed by atoms with Crippen molar-refractivity contribution in [3.8, 4) is 11.5 Å². The van der Waals surface area contributed by atoms with Gasteiger partial charge in [-0.3, -0.25) is 14.5 Å². The number of carbonyl (C=O) groups is 3. The zero-order valence-electron chi connectivity index (χ0n) is 16.5.